The number of nitrogens with zero attached hydrogens (tertiary/aromatic N) is 1. The minimum atomic E-state index is -0.517. The van der Waals surface area contributed by atoms with Crippen LogP contribution >= 0.6 is 46.6 Å². The maximum atomic E-state index is 13.6. The van der Waals surface area contributed by atoms with E-state index in [9.17, 15) is 9.59 Å². The van der Waals surface area contributed by atoms with Gasteiger partial charge in [-0.3, -0.25) is 9.59 Å². The fraction of sp³-hybridized carbons (Fsp3) is 0.208. The summed E-state index contributed by atoms with van der Waals surface area (Å²) >= 11 is 19.9. The summed E-state index contributed by atoms with van der Waals surface area (Å²) in [7, 11) is 0. The van der Waals surface area contributed by atoms with E-state index < -0.39 is 5.92 Å². The van der Waals surface area contributed by atoms with Crippen LogP contribution in [0.5, 0.6) is 0 Å². The van der Waals surface area contributed by atoms with Gasteiger partial charge in [0.05, 0.1) is 25.9 Å². The minimum absolute atomic E-state index is 0.0512. The Morgan fingerprint density at radius 3 is 2.52 bits per heavy atom. The van der Waals surface area contributed by atoms with Gasteiger partial charge in [-0.15, -0.1) is 0 Å². The summed E-state index contributed by atoms with van der Waals surface area (Å²) in [5.74, 6) is -0.841. The molecule has 0 aromatic heterocycles. The average Bonchev–Trinajstić information content (AvgIpc) is 3.06. The lowest BCUT2D eigenvalue weighted by Gasteiger charge is -2.32. The lowest BCUT2D eigenvalue weighted by molar-refractivity contribution is -0.117. The van der Waals surface area contributed by atoms with E-state index in [4.69, 9.17) is 39.8 Å². The molecule has 1 aliphatic carbocycles. The first kappa shape index (κ1) is 21.0. The molecule has 156 valence electrons. The van der Waals surface area contributed by atoms with Crippen molar-refractivity contribution in [1.29, 1.82) is 0 Å². The van der Waals surface area contributed by atoms with Crippen LogP contribution in [0.15, 0.2) is 63.6 Å². The normalized spacial score (nSPS) is 24.4. The number of allylic oxidation sites excluding steroid dienone is 3. The zero-order valence-electron chi connectivity index (χ0n) is 16.2. The maximum Gasteiger partial charge on any atom is 0.180 e. The van der Waals surface area contributed by atoms with Gasteiger partial charge in [0.25, 0.3) is 0 Å². The van der Waals surface area contributed by atoms with E-state index in [0.29, 0.717) is 37.5 Å². The predicted molar refractivity (Wildman–Crippen MR) is 128 cm³/mol. The summed E-state index contributed by atoms with van der Waals surface area (Å²) in [6.45, 7) is 0. The van der Waals surface area contributed by atoms with E-state index >= 15 is 0 Å². The number of hydrogen-bond donors (Lipinski definition) is 0. The van der Waals surface area contributed by atoms with Crippen LogP contribution in [0, 0.1) is 5.92 Å². The van der Waals surface area contributed by atoms with E-state index in [1.165, 1.54) is 11.8 Å². The third-order valence-corrected chi connectivity index (χ3v) is 8.00. The molecule has 2 heterocycles. The highest BCUT2D eigenvalue weighted by atomic mass is 35.5. The van der Waals surface area contributed by atoms with E-state index in [0.717, 1.165) is 29.1 Å². The van der Waals surface area contributed by atoms with Crippen LogP contribution in [0.1, 0.15) is 36.3 Å². The van der Waals surface area contributed by atoms with Crippen molar-refractivity contribution < 1.29 is 9.59 Å². The molecule has 0 amide bonds. The van der Waals surface area contributed by atoms with Crippen molar-refractivity contribution in [1.82, 2.24) is 0 Å². The monoisotopic (exact) mass is 487 g/mol. The fourth-order valence-electron chi connectivity index (χ4n) is 4.40. The van der Waals surface area contributed by atoms with Crippen LogP contribution in [-0.4, -0.2) is 16.6 Å². The van der Waals surface area contributed by atoms with E-state index in [-0.39, 0.29) is 17.5 Å². The fourth-order valence-corrected chi connectivity index (χ4v) is 6.05. The summed E-state index contributed by atoms with van der Waals surface area (Å²) < 4.78 is 0. The average molecular weight is 489 g/mol. The number of carbonyl (C=O) groups excluding carboxylic acids is 2. The third-order valence-electron chi connectivity index (χ3n) is 5.82. The number of rotatable bonds is 2. The van der Waals surface area contributed by atoms with Crippen LogP contribution in [0.25, 0.3) is 6.08 Å². The summed E-state index contributed by atoms with van der Waals surface area (Å²) in [4.78, 5) is 31.8. The molecule has 2 aliphatic heterocycles. The van der Waals surface area contributed by atoms with Gasteiger partial charge in [0.2, 0.25) is 0 Å². The van der Waals surface area contributed by atoms with Crippen LogP contribution in [-0.2, 0) is 9.59 Å². The number of aliphatic imine (C=N–C) groups is 1. The topological polar surface area (TPSA) is 46.5 Å². The summed E-state index contributed by atoms with van der Waals surface area (Å²) in [5, 5.41) is 2.19. The van der Waals surface area contributed by atoms with E-state index in [1.54, 1.807) is 30.3 Å². The third kappa shape index (κ3) is 3.70. The van der Waals surface area contributed by atoms with Gasteiger partial charge in [-0.2, -0.15) is 0 Å². The number of thioether (sulfide) groups is 1. The molecule has 2 atom stereocenters. The summed E-state index contributed by atoms with van der Waals surface area (Å²) in [6.07, 6.45) is 3.78. The number of ketones is 2. The number of carbonyl (C=O) groups is 2. The first-order chi connectivity index (χ1) is 14.9. The van der Waals surface area contributed by atoms with Crippen LogP contribution in [0.3, 0.4) is 0 Å². The Bertz CT molecular complexity index is 1210. The standard InChI is InChI=1S/C24H16Cl3NO2S/c25-14-9-7-12(8-10-14)19-20-16(5-2-6-17(20)29)28-24-21(19)23(30)18(31-24)11-13-3-1-4-15(26)22(13)27/h1,3-4,7-11,19,21H,2,5-6H2/b18-11+. The largest absolute Gasteiger partial charge is 0.294 e. The Morgan fingerprint density at radius 1 is 0.968 bits per heavy atom. The highest BCUT2D eigenvalue weighted by molar-refractivity contribution is 8.19. The second-order valence-corrected chi connectivity index (χ2v) is 10.00. The molecule has 3 nitrogen and oxygen atoms in total. The van der Waals surface area contributed by atoms with Crippen molar-refractivity contribution in [2.75, 3.05) is 0 Å². The first-order valence-electron chi connectivity index (χ1n) is 9.92. The molecule has 3 aliphatic rings. The van der Waals surface area contributed by atoms with Gasteiger partial charge in [-0.1, -0.05) is 70.8 Å². The number of halogens is 3. The summed E-state index contributed by atoms with van der Waals surface area (Å²) in [5.41, 5.74) is 3.07. The maximum absolute atomic E-state index is 13.6. The van der Waals surface area contributed by atoms with Crippen molar-refractivity contribution in [3.05, 3.63) is 84.8 Å². The molecule has 0 bridgehead atoms. The Morgan fingerprint density at radius 2 is 1.74 bits per heavy atom. The Kier molecular flexibility index (Phi) is 5.59. The quantitative estimate of drug-likeness (QED) is 0.423. The SMILES string of the molecule is O=C1CCCC2=C1C(c1ccc(Cl)cc1)C1C(=O)/C(=C\c3cccc(Cl)c3Cl)SC1=N2. The molecule has 7 heteroatoms. The molecule has 1 fully saturated rings. The molecule has 2 aromatic carbocycles. The molecule has 0 radical (unpaired) electrons. The predicted octanol–water partition coefficient (Wildman–Crippen LogP) is 7.12. The smallest absolute Gasteiger partial charge is 0.180 e. The van der Waals surface area contributed by atoms with Gasteiger partial charge < -0.3 is 0 Å². The van der Waals surface area contributed by atoms with Gasteiger partial charge in [0, 0.05) is 28.6 Å². The van der Waals surface area contributed by atoms with Crippen molar-refractivity contribution in [3.8, 4) is 0 Å². The highest BCUT2D eigenvalue weighted by Gasteiger charge is 2.48. The lowest BCUT2D eigenvalue weighted by atomic mass is 9.72. The van der Waals surface area contributed by atoms with Crippen LogP contribution in [0.2, 0.25) is 15.1 Å². The zero-order valence-corrected chi connectivity index (χ0v) is 19.3. The molecule has 5 rings (SSSR count). The Hall–Kier alpha value is -1.85. The van der Waals surface area contributed by atoms with E-state index in [2.05, 4.69) is 0 Å². The molecule has 2 unspecified atom stereocenters. The minimum Gasteiger partial charge on any atom is -0.294 e. The summed E-state index contributed by atoms with van der Waals surface area (Å²) in [6, 6.07) is 12.7. The molecule has 0 saturated carbocycles. The van der Waals surface area contributed by atoms with Crippen molar-refractivity contribution in [2.24, 2.45) is 10.9 Å². The Balaban J connectivity index is 1.62. The van der Waals surface area contributed by atoms with Gasteiger partial charge in [0.1, 0.15) is 0 Å². The van der Waals surface area contributed by atoms with Gasteiger partial charge >= 0.3 is 0 Å². The molecule has 0 N–H and O–H groups in total. The van der Waals surface area contributed by atoms with Crippen LogP contribution < -0.4 is 0 Å². The Labute approximate surface area is 199 Å². The van der Waals surface area contributed by atoms with Gasteiger partial charge in [-0.05, 0) is 48.2 Å². The number of fused-ring (bicyclic) bond motifs is 1. The van der Waals surface area contributed by atoms with Gasteiger partial charge in [0.15, 0.2) is 11.6 Å². The molecule has 31 heavy (non-hydrogen) atoms. The zero-order chi connectivity index (χ0) is 21.7. The molecule has 2 aromatic rings. The van der Waals surface area contributed by atoms with E-state index in [1.807, 2.05) is 18.2 Å². The first-order valence-corrected chi connectivity index (χ1v) is 11.9. The number of Topliss-reactive ketones (excluding diaryl/α,β-unsaturated/α-hetero) is 2. The van der Waals surface area contributed by atoms with Crippen LogP contribution in [0.4, 0.5) is 0 Å². The van der Waals surface area contributed by atoms with Crippen molar-refractivity contribution in [2.45, 2.75) is 25.2 Å². The second-order valence-electron chi connectivity index (χ2n) is 7.71. The number of benzene rings is 2. The second kappa shape index (κ2) is 8.25. The molecular formula is C24H16Cl3NO2S. The lowest BCUT2D eigenvalue weighted by Crippen LogP contribution is -2.32. The van der Waals surface area contributed by atoms with Crippen molar-refractivity contribution in [3.63, 3.8) is 0 Å². The van der Waals surface area contributed by atoms with Gasteiger partial charge in [-0.25, -0.2) is 4.99 Å². The molecule has 1 saturated heterocycles. The highest BCUT2D eigenvalue weighted by Crippen LogP contribution is 2.51. The van der Waals surface area contributed by atoms with Crippen molar-refractivity contribution >= 4 is 69.3 Å². The molecular weight excluding hydrogens is 473 g/mol. The number of hydrogen-bond acceptors (Lipinski definition) is 4. The molecule has 0 spiro atoms.